The smallest absolute Gasteiger partial charge is 0.256 e. The third-order valence-electron chi connectivity index (χ3n) is 5.64. The van der Waals surface area contributed by atoms with Gasteiger partial charge in [0, 0.05) is 25.4 Å². The summed E-state index contributed by atoms with van der Waals surface area (Å²) >= 11 is 0. The van der Waals surface area contributed by atoms with Crippen molar-refractivity contribution in [2.75, 3.05) is 38.2 Å². The molecule has 0 spiro atoms. The van der Waals surface area contributed by atoms with Crippen LogP contribution in [0.5, 0.6) is 5.75 Å². The van der Waals surface area contributed by atoms with Crippen molar-refractivity contribution in [3.05, 3.63) is 24.3 Å². The highest BCUT2D eigenvalue weighted by Gasteiger charge is 2.33. The van der Waals surface area contributed by atoms with Crippen molar-refractivity contribution in [1.82, 2.24) is 4.90 Å². The standard InChI is InChI=1S/C24H40N2O3/c1-5-7-14-24(4,29-17-6-2)23(27)25-21-10-12-22(13-11-21)28-18-16-26-15-8-9-20(3)19-26/h10-13,20H,5-9,14-19H2,1-4H3,(H,25,27). The molecule has 1 aliphatic rings. The second kappa shape index (κ2) is 12.2. The molecule has 5 nitrogen and oxygen atoms in total. The number of unbranched alkanes of at least 4 members (excludes halogenated alkanes) is 1. The summed E-state index contributed by atoms with van der Waals surface area (Å²) in [7, 11) is 0. The van der Waals surface area contributed by atoms with Crippen LogP contribution in [0.1, 0.15) is 66.2 Å². The van der Waals surface area contributed by atoms with Gasteiger partial charge >= 0.3 is 0 Å². The van der Waals surface area contributed by atoms with Crippen molar-refractivity contribution < 1.29 is 14.3 Å². The Kier molecular flexibility index (Phi) is 9.95. The number of likely N-dealkylation sites (tertiary alicyclic amines) is 1. The quantitative estimate of drug-likeness (QED) is 0.526. The SMILES string of the molecule is CCCCC(C)(OCCC)C(=O)Nc1ccc(OCCN2CCCC(C)C2)cc1. The molecule has 1 saturated heterocycles. The maximum atomic E-state index is 12.8. The van der Waals surface area contributed by atoms with E-state index in [9.17, 15) is 4.79 Å². The molecule has 0 aromatic heterocycles. The van der Waals surface area contributed by atoms with Crippen molar-refractivity contribution in [1.29, 1.82) is 0 Å². The molecule has 2 rings (SSSR count). The molecule has 29 heavy (non-hydrogen) atoms. The van der Waals surface area contributed by atoms with Crippen molar-refractivity contribution in [3.63, 3.8) is 0 Å². The average Bonchev–Trinajstić information content (AvgIpc) is 2.72. The minimum absolute atomic E-state index is 0.0766. The molecule has 0 radical (unpaired) electrons. The first-order chi connectivity index (χ1) is 14.0. The van der Waals surface area contributed by atoms with Crippen LogP contribution in [0, 0.1) is 5.92 Å². The van der Waals surface area contributed by atoms with Crippen LogP contribution in [0.25, 0.3) is 0 Å². The molecule has 164 valence electrons. The Hall–Kier alpha value is -1.59. The van der Waals surface area contributed by atoms with Crippen LogP contribution in [-0.2, 0) is 9.53 Å². The van der Waals surface area contributed by atoms with Crippen LogP contribution in [0.3, 0.4) is 0 Å². The summed E-state index contributed by atoms with van der Waals surface area (Å²) < 4.78 is 11.8. The minimum Gasteiger partial charge on any atom is -0.492 e. The van der Waals surface area contributed by atoms with E-state index in [1.54, 1.807) is 0 Å². The van der Waals surface area contributed by atoms with Crippen molar-refractivity contribution >= 4 is 11.6 Å². The molecule has 1 fully saturated rings. The fraction of sp³-hybridized carbons (Fsp3) is 0.708. The highest BCUT2D eigenvalue weighted by Crippen LogP contribution is 2.23. The van der Waals surface area contributed by atoms with E-state index in [-0.39, 0.29) is 5.91 Å². The lowest BCUT2D eigenvalue weighted by molar-refractivity contribution is -0.140. The lowest BCUT2D eigenvalue weighted by Gasteiger charge is -2.30. The Morgan fingerprint density at radius 3 is 2.62 bits per heavy atom. The van der Waals surface area contributed by atoms with E-state index in [1.807, 2.05) is 31.2 Å². The van der Waals surface area contributed by atoms with E-state index in [0.29, 0.717) is 13.2 Å². The van der Waals surface area contributed by atoms with Gasteiger partial charge in [-0.2, -0.15) is 0 Å². The number of piperidine rings is 1. The molecule has 1 heterocycles. The lowest BCUT2D eigenvalue weighted by atomic mass is 9.97. The largest absolute Gasteiger partial charge is 0.492 e. The van der Waals surface area contributed by atoms with E-state index in [1.165, 1.54) is 25.9 Å². The summed E-state index contributed by atoms with van der Waals surface area (Å²) in [5.41, 5.74) is -0.0118. The summed E-state index contributed by atoms with van der Waals surface area (Å²) in [5, 5.41) is 3.01. The number of benzene rings is 1. The molecular weight excluding hydrogens is 364 g/mol. The monoisotopic (exact) mass is 404 g/mol. The van der Waals surface area contributed by atoms with Crippen molar-refractivity contribution in [3.8, 4) is 5.75 Å². The third-order valence-corrected chi connectivity index (χ3v) is 5.64. The van der Waals surface area contributed by atoms with Gasteiger partial charge in [-0.25, -0.2) is 0 Å². The number of carbonyl (C=O) groups excluding carboxylic acids is 1. The molecule has 0 aliphatic carbocycles. The Morgan fingerprint density at radius 2 is 1.97 bits per heavy atom. The Balaban J connectivity index is 1.82. The lowest BCUT2D eigenvalue weighted by Crippen LogP contribution is -2.43. The Labute approximate surface area is 177 Å². The molecule has 0 bridgehead atoms. The topological polar surface area (TPSA) is 50.8 Å². The predicted octanol–water partition coefficient (Wildman–Crippen LogP) is 5.11. The zero-order valence-corrected chi connectivity index (χ0v) is 18.8. The fourth-order valence-corrected chi connectivity index (χ4v) is 3.77. The summed E-state index contributed by atoms with van der Waals surface area (Å²) in [6.07, 6.45) is 6.26. The summed E-state index contributed by atoms with van der Waals surface area (Å²) in [6, 6.07) is 7.64. The van der Waals surface area contributed by atoms with Crippen LogP contribution >= 0.6 is 0 Å². The zero-order valence-electron chi connectivity index (χ0n) is 18.8. The molecule has 2 atom stereocenters. The molecule has 0 saturated carbocycles. The van der Waals surface area contributed by atoms with Crippen LogP contribution in [0.4, 0.5) is 5.69 Å². The van der Waals surface area contributed by atoms with Gasteiger partial charge in [0.1, 0.15) is 18.0 Å². The second-order valence-electron chi connectivity index (χ2n) is 8.56. The van der Waals surface area contributed by atoms with Gasteiger partial charge in [0.2, 0.25) is 0 Å². The number of anilines is 1. The predicted molar refractivity (Wildman–Crippen MR) is 120 cm³/mol. The Bertz CT molecular complexity index is 595. The van der Waals surface area contributed by atoms with Crippen molar-refractivity contribution in [2.24, 2.45) is 5.92 Å². The number of amides is 1. The fourth-order valence-electron chi connectivity index (χ4n) is 3.77. The van der Waals surface area contributed by atoms with Crippen LogP contribution in [0.15, 0.2) is 24.3 Å². The molecular formula is C24H40N2O3. The number of hydrogen-bond acceptors (Lipinski definition) is 4. The van der Waals surface area contributed by atoms with Gasteiger partial charge in [0.25, 0.3) is 5.91 Å². The highest BCUT2D eigenvalue weighted by atomic mass is 16.5. The normalized spacial score (nSPS) is 19.5. The minimum atomic E-state index is -0.785. The van der Waals surface area contributed by atoms with E-state index in [0.717, 1.165) is 49.6 Å². The molecule has 1 amide bonds. The second-order valence-corrected chi connectivity index (χ2v) is 8.56. The van der Waals surface area contributed by atoms with Crippen LogP contribution in [-0.4, -0.2) is 49.3 Å². The number of ether oxygens (including phenoxy) is 2. The van der Waals surface area contributed by atoms with E-state index < -0.39 is 5.60 Å². The van der Waals surface area contributed by atoms with Crippen molar-refractivity contribution in [2.45, 2.75) is 71.8 Å². The molecule has 1 N–H and O–H groups in total. The summed E-state index contributed by atoms with van der Waals surface area (Å²) in [4.78, 5) is 15.3. The maximum Gasteiger partial charge on any atom is 0.256 e. The average molecular weight is 405 g/mol. The number of nitrogens with zero attached hydrogens (tertiary/aromatic N) is 1. The molecule has 1 aromatic carbocycles. The number of rotatable bonds is 12. The first-order valence-corrected chi connectivity index (χ1v) is 11.4. The van der Waals surface area contributed by atoms with Gasteiger partial charge in [-0.3, -0.25) is 9.69 Å². The van der Waals surface area contributed by atoms with E-state index >= 15 is 0 Å². The zero-order chi connectivity index (χ0) is 21.1. The number of carbonyl (C=O) groups is 1. The number of nitrogens with one attached hydrogen (secondary N) is 1. The van der Waals surface area contributed by atoms with E-state index in [2.05, 4.69) is 31.0 Å². The van der Waals surface area contributed by atoms with Gasteiger partial charge in [-0.05, 0) is 69.3 Å². The molecule has 5 heteroatoms. The van der Waals surface area contributed by atoms with Gasteiger partial charge < -0.3 is 14.8 Å². The van der Waals surface area contributed by atoms with Crippen LogP contribution in [0.2, 0.25) is 0 Å². The molecule has 1 aliphatic heterocycles. The number of hydrogen-bond donors (Lipinski definition) is 1. The Morgan fingerprint density at radius 1 is 1.21 bits per heavy atom. The van der Waals surface area contributed by atoms with Gasteiger partial charge in [0.05, 0.1) is 0 Å². The van der Waals surface area contributed by atoms with Crippen LogP contribution < -0.4 is 10.1 Å². The summed E-state index contributed by atoms with van der Waals surface area (Å²) in [5.74, 6) is 1.55. The maximum absolute atomic E-state index is 12.8. The third kappa shape index (κ3) is 7.98. The van der Waals surface area contributed by atoms with E-state index in [4.69, 9.17) is 9.47 Å². The summed E-state index contributed by atoms with van der Waals surface area (Å²) in [6.45, 7) is 13.0. The molecule has 1 aromatic rings. The van der Waals surface area contributed by atoms with Gasteiger partial charge in [-0.1, -0.05) is 33.6 Å². The first kappa shape index (κ1) is 23.7. The first-order valence-electron chi connectivity index (χ1n) is 11.4. The van der Waals surface area contributed by atoms with Gasteiger partial charge in [-0.15, -0.1) is 0 Å². The highest BCUT2D eigenvalue weighted by molar-refractivity contribution is 5.97. The molecule has 2 unspecified atom stereocenters. The van der Waals surface area contributed by atoms with Gasteiger partial charge in [0.15, 0.2) is 0 Å².